The Morgan fingerprint density at radius 1 is 1.36 bits per heavy atom. The summed E-state index contributed by atoms with van der Waals surface area (Å²) < 4.78 is 30.8. The lowest BCUT2D eigenvalue weighted by Gasteiger charge is -2.23. The van der Waals surface area contributed by atoms with Crippen LogP contribution in [0, 0.1) is 0 Å². The standard InChI is InChI=1S/C16H21N3O5S/c1-24-9-8-19-16(21)13-3-2-11(10-14(13)25(19,22)23)15(20)18-12-4-6-17-7-5-12/h2-3,10,12,17H,4-9H2,1H3,(H,18,20). The first-order valence-electron chi connectivity index (χ1n) is 8.17. The van der Waals surface area contributed by atoms with Crippen molar-refractivity contribution in [1.82, 2.24) is 14.9 Å². The van der Waals surface area contributed by atoms with Gasteiger partial charge in [0.2, 0.25) is 0 Å². The molecule has 2 amide bonds. The number of carbonyl (C=O) groups excluding carboxylic acids is 2. The molecule has 25 heavy (non-hydrogen) atoms. The number of nitrogens with one attached hydrogen (secondary N) is 2. The minimum absolute atomic E-state index is 0.0526. The van der Waals surface area contributed by atoms with Crippen LogP contribution in [-0.2, 0) is 14.8 Å². The van der Waals surface area contributed by atoms with Gasteiger partial charge in [0.15, 0.2) is 0 Å². The Bertz CT molecular complexity index is 787. The van der Waals surface area contributed by atoms with Crippen molar-refractivity contribution in [2.75, 3.05) is 33.4 Å². The molecule has 0 aromatic heterocycles. The van der Waals surface area contributed by atoms with E-state index < -0.39 is 15.9 Å². The fourth-order valence-electron chi connectivity index (χ4n) is 3.05. The molecule has 136 valence electrons. The number of ether oxygens (including phenoxy) is 1. The Morgan fingerprint density at radius 2 is 2.08 bits per heavy atom. The van der Waals surface area contributed by atoms with Gasteiger partial charge in [-0.15, -0.1) is 0 Å². The van der Waals surface area contributed by atoms with Gasteiger partial charge in [-0.3, -0.25) is 9.59 Å². The lowest BCUT2D eigenvalue weighted by Crippen LogP contribution is -2.42. The third-order valence-corrected chi connectivity index (χ3v) is 6.26. The molecule has 9 heteroatoms. The zero-order valence-corrected chi connectivity index (χ0v) is 14.8. The minimum atomic E-state index is -3.94. The van der Waals surface area contributed by atoms with Gasteiger partial charge in [-0.1, -0.05) is 0 Å². The summed E-state index contributed by atoms with van der Waals surface area (Å²) in [5, 5.41) is 6.13. The number of rotatable bonds is 5. The van der Waals surface area contributed by atoms with Crippen LogP contribution in [0.5, 0.6) is 0 Å². The van der Waals surface area contributed by atoms with Crippen molar-refractivity contribution in [1.29, 1.82) is 0 Å². The topological polar surface area (TPSA) is 105 Å². The van der Waals surface area contributed by atoms with Crippen LogP contribution in [0.4, 0.5) is 0 Å². The first-order valence-corrected chi connectivity index (χ1v) is 9.61. The predicted molar refractivity (Wildman–Crippen MR) is 89.9 cm³/mol. The van der Waals surface area contributed by atoms with Gasteiger partial charge in [0, 0.05) is 18.7 Å². The van der Waals surface area contributed by atoms with Crippen molar-refractivity contribution in [2.45, 2.75) is 23.8 Å². The Labute approximate surface area is 146 Å². The fraction of sp³-hybridized carbons (Fsp3) is 0.500. The van der Waals surface area contributed by atoms with Gasteiger partial charge < -0.3 is 15.4 Å². The molecule has 0 radical (unpaired) electrons. The molecule has 1 aromatic carbocycles. The Morgan fingerprint density at radius 3 is 2.76 bits per heavy atom. The van der Waals surface area contributed by atoms with E-state index in [2.05, 4.69) is 10.6 Å². The highest BCUT2D eigenvalue weighted by Gasteiger charge is 2.41. The number of nitrogens with zero attached hydrogens (tertiary/aromatic N) is 1. The SMILES string of the molecule is COCCN1C(=O)c2ccc(C(=O)NC3CCNCC3)cc2S1(=O)=O. The molecule has 0 bridgehead atoms. The van der Waals surface area contributed by atoms with Crippen LogP contribution in [0.1, 0.15) is 33.6 Å². The Hall–Kier alpha value is -1.97. The molecule has 2 aliphatic heterocycles. The number of benzene rings is 1. The number of hydrogen-bond donors (Lipinski definition) is 2. The lowest BCUT2D eigenvalue weighted by atomic mass is 10.1. The third kappa shape index (κ3) is 3.39. The molecule has 1 saturated heterocycles. The minimum Gasteiger partial charge on any atom is -0.383 e. The van der Waals surface area contributed by atoms with Gasteiger partial charge in [-0.25, -0.2) is 12.7 Å². The van der Waals surface area contributed by atoms with Crippen molar-refractivity contribution in [3.63, 3.8) is 0 Å². The lowest BCUT2D eigenvalue weighted by molar-refractivity contribution is 0.0835. The molecule has 2 N–H and O–H groups in total. The van der Waals surface area contributed by atoms with Gasteiger partial charge in [-0.2, -0.15) is 0 Å². The van der Waals surface area contributed by atoms with Gasteiger partial charge in [0.1, 0.15) is 4.90 Å². The first kappa shape index (κ1) is 17.8. The van der Waals surface area contributed by atoms with Crippen molar-refractivity contribution in [3.8, 4) is 0 Å². The second-order valence-electron chi connectivity index (χ2n) is 6.08. The maximum Gasteiger partial charge on any atom is 0.269 e. The molecule has 3 rings (SSSR count). The number of piperidine rings is 1. The summed E-state index contributed by atoms with van der Waals surface area (Å²) in [6.07, 6.45) is 1.66. The zero-order valence-electron chi connectivity index (χ0n) is 13.9. The van der Waals surface area contributed by atoms with E-state index in [1.807, 2.05) is 0 Å². The van der Waals surface area contributed by atoms with E-state index in [9.17, 15) is 18.0 Å². The molecule has 2 aliphatic rings. The van der Waals surface area contributed by atoms with E-state index in [4.69, 9.17) is 4.74 Å². The van der Waals surface area contributed by atoms with Crippen LogP contribution < -0.4 is 10.6 Å². The molecule has 0 atom stereocenters. The number of methoxy groups -OCH3 is 1. The molecule has 0 unspecified atom stereocenters. The molecule has 0 saturated carbocycles. The molecule has 2 heterocycles. The van der Waals surface area contributed by atoms with Crippen LogP contribution in [0.25, 0.3) is 0 Å². The van der Waals surface area contributed by atoms with Crippen LogP contribution in [-0.4, -0.2) is 63.9 Å². The summed E-state index contributed by atoms with van der Waals surface area (Å²) in [4.78, 5) is 24.6. The molecule has 0 aliphatic carbocycles. The van der Waals surface area contributed by atoms with Crippen molar-refractivity contribution >= 4 is 21.8 Å². The van der Waals surface area contributed by atoms with Crippen molar-refractivity contribution in [2.24, 2.45) is 0 Å². The summed E-state index contributed by atoms with van der Waals surface area (Å²) in [6, 6.07) is 4.24. The fourth-order valence-corrected chi connectivity index (χ4v) is 4.62. The van der Waals surface area contributed by atoms with E-state index >= 15 is 0 Å². The molecular formula is C16H21N3O5S. The second kappa shape index (κ2) is 7.11. The maximum absolute atomic E-state index is 12.6. The number of hydrogen-bond acceptors (Lipinski definition) is 6. The second-order valence-corrected chi connectivity index (χ2v) is 7.91. The molecule has 1 fully saturated rings. The van der Waals surface area contributed by atoms with Crippen LogP contribution in [0.2, 0.25) is 0 Å². The highest BCUT2D eigenvalue weighted by atomic mass is 32.2. The van der Waals surface area contributed by atoms with E-state index in [-0.39, 0.29) is 41.1 Å². The van der Waals surface area contributed by atoms with Crippen LogP contribution >= 0.6 is 0 Å². The first-order chi connectivity index (χ1) is 11.9. The Balaban J connectivity index is 1.83. The normalized spacial score (nSPS) is 19.7. The van der Waals surface area contributed by atoms with Gasteiger partial charge in [0.25, 0.3) is 21.8 Å². The van der Waals surface area contributed by atoms with Crippen molar-refractivity contribution in [3.05, 3.63) is 29.3 Å². The van der Waals surface area contributed by atoms with E-state index in [1.54, 1.807) is 0 Å². The number of carbonyl (C=O) groups is 2. The average Bonchev–Trinajstić information content (AvgIpc) is 2.80. The van der Waals surface area contributed by atoms with Crippen LogP contribution in [0.3, 0.4) is 0 Å². The van der Waals surface area contributed by atoms with Gasteiger partial charge in [-0.05, 0) is 44.1 Å². The highest BCUT2D eigenvalue weighted by Crippen LogP contribution is 2.30. The van der Waals surface area contributed by atoms with E-state index in [1.165, 1.54) is 25.3 Å². The number of fused-ring (bicyclic) bond motifs is 1. The molecule has 1 aromatic rings. The summed E-state index contributed by atoms with van der Waals surface area (Å²) >= 11 is 0. The summed E-state index contributed by atoms with van der Waals surface area (Å²) in [6.45, 7) is 1.74. The maximum atomic E-state index is 12.6. The number of sulfonamides is 1. The number of amides is 2. The molecular weight excluding hydrogens is 346 g/mol. The summed E-state index contributed by atoms with van der Waals surface area (Å²) in [5.41, 5.74) is 0.330. The largest absolute Gasteiger partial charge is 0.383 e. The quantitative estimate of drug-likeness (QED) is 0.757. The van der Waals surface area contributed by atoms with E-state index in [0.29, 0.717) is 0 Å². The zero-order chi connectivity index (χ0) is 18.0. The predicted octanol–water partition coefficient (Wildman–Crippen LogP) is -0.0407. The average molecular weight is 367 g/mol. The van der Waals surface area contributed by atoms with Gasteiger partial charge in [0.05, 0.1) is 18.7 Å². The Kier molecular flexibility index (Phi) is 5.07. The van der Waals surface area contributed by atoms with Crippen molar-refractivity contribution < 1.29 is 22.7 Å². The smallest absolute Gasteiger partial charge is 0.269 e. The summed E-state index contributed by atoms with van der Waals surface area (Å²) in [7, 11) is -2.51. The third-order valence-electron chi connectivity index (χ3n) is 4.44. The highest BCUT2D eigenvalue weighted by molar-refractivity contribution is 7.90. The monoisotopic (exact) mass is 367 g/mol. The van der Waals surface area contributed by atoms with Crippen LogP contribution in [0.15, 0.2) is 23.1 Å². The van der Waals surface area contributed by atoms with E-state index in [0.717, 1.165) is 30.2 Å². The molecule has 0 spiro atoms. The molecule has 8 nitrogen and oxygen atoms in total. The summed E-state index contributed by atoms with van der Waals surface area (Å²) in [5.74, 6) is -0.912. The van der Waals surface area contributed by atoms with Gasteiger partial charge >= 0.3 is 0 Å².